The number of carbonyl (C=O) groups is 1. The van der Waals surface area contributed by atoms with Crippen LogP contribution in [0.15, 0.2) is 47.7 Å². The average molecular weight is 330 g/mol. The van der Waals surface area contributed by atoms with E-state index in [0.717, 1.165) is 30.4 Å². The summed E-state index contributed by atoms with van der Waals surface area (Å²) in [5.41, 5.74) is 3.80. The van der Waals surface area contributed by atoms with Crippen molar-refractivity contribution in [2.75, 3.05) is 6.61 Å². The highest BCUT2D eigenvalue weighted by Gasteiger charge is 2.28. The maximum absolute atomic E-state index is 12.4. The molecule has 0 bridgehead atoms. The summed E-state index contributed by atoms with van der Waals surface area (Å²) in [6.07, 6.45) is 4.78. The van der Waals surface area contributed by atoms with Gasteiger partial charge >= 0.3 is 5.97 Å². The third-order valence-corrected chi connectivity index (χ3v) is 4.07. The zero-order valence-corrected chi connectivity index (χ0v) is 14.6. The number of aryl methyl sites for hydroxylation is 1. The fourth-order valence-electron chi connectivity index (χ4n) is 3.03. The smallest absolute Gasteiger partial charge is 0.337 e. The van der Waals surface area contributed by atoms with Crippen LogP contribution in [0.25, 0.3) is 0 Å². The van der Waals surface area contributed by atoms with Gasteiger partial charge in [0.15, 0.2) is 0 Å². The second kappa shape index (κ2) is 8.69. The third-order valence-electron chi connectivity index (χ3n) is 4.07. The lowest BCUT2D eigenvalue weighted by molar-refractivity contribution is -0.139. The van der Waals surface area contributed by atoms with Crippen LogP contribution in [0, 0.1) is 0 Å². The Hall–Kier alpha value is -2.07. The van der Waals surface area contributed by atoms with Crippen LogP contribution in [0.3, 0.4) is 0 Å². The van der Waals surface area contributed by atoms with Crippen molar-refractivity contribution < 1.29 is 19.4 Å². The first-order valence-corrected chi connectivity index (χ1v) is 8.46. The Kier molecular flexibility index (Phi) is 6.62. The number of benzene rings is 1. The van der Waals surface area contributed by atoms with Gasteiger partial charge in [0.1, 0.15) is 0 Å². The van der Waals surface area contributed by atoms with Gasteiger partial charge in [0.2, 0.25) is 6.29 Å². The number of fused-ring (bicyclic) bond motifs is 1. The SMILES string of the molecule is CCOC(=O)/C(=C/OC(O)C=C(C)C)C1CCCc2ccccc21. The molecular formula is C20H26O4. The number of rotatable bonds is 6. The van der Waals surface area contributed by atoms with Crippen molar-refractivity contribution in [2.45, 2.75) is 52.2 Å². The predicted molar refractivity (Wildman–Crippen MR) is 93.4 cm³/mol. The molecule has 1 N–H and O–H groups in total. The Morgan fingerprint density at radius 2 is 2.12 bits per heavy atom. The second-order valence-electron chi connectivity index (χ2n) is 6.21. The van der Waals surface area contributed by atoms with Crippen molar-refractivity contribution in [1.29, 1.82) is 0 Å². The van der Waals surface area contributed by atoms with Gasteiger partial charge in [-0.05, 0) is 57.2 Å². The summed E-state index contributed by atoms with van der Waals surface area (Å²) in [7, 11) is 0. The monoisotopic (exact) mass is 330 g/mol. The second-order valence-corrected chi connectivity index (χ2v) is 6.21. The summed E-state index contributed by atoms with van der Waals surface area (Å²) in [5, 5.41) is 9.88. The van der Waals surface area contributed by atoms with Gasteiger partial charge < -0.3 is 14.6 Å². The Labute approximate surface area is 143 Å². The molecule has 130 valence electrons. The number of hydrogen-bond donors (Lipinski definition) is 1. The Morgan fingerprint density at radius 1 is 1.38 bits per heavy atom. The number of esters is 1. The molecule has 24 heavy (non-hydrogen) atoms. The number of aliphatic hydroxyl groups excluding tert-OH is 1. The quantitative estimate of drug-likeness (QED) is 0.283. The summed E-state index contributed by atoms with van der Waals surface area (Å²) >= 11 is 0. The molecule has 1 aliphatic carbocycles. The van der Waals surface area contributed by atoms with Crippen molar-refractivity contribution >= 4 is 5.97 Å². The summed E-state index contributed by atoms with van der Waals surface area (Å²) in [6, 6.07) is 8.16. The van der Waals surface area contributed by atoms with E-state index in [1.807, 2.05) is 26.0 Å². The predicted octanol–water partition coefficient (Wildman–Crippen LogP) is 3.85. The fraction of sp³-hybridized carbons (Fsp3) is 0.450. The van der Waals surface area contributed by atoms with Gasteiger partial charge in [0.05, 0.1) is 18.4 Å². The minimum Gasteiger partial charge on any atom is -0.468 e. The molecule has 2 unspecified atom stereocenters. The van der Waals surface area contributed by atoms with Crippen molar-refractivity contribution in [2.24, 2.45) is 0 Å². The van der Waals surface area contributed by atoms with E-state index in [9.17, 15) is 9.90 Å². The van der Waals surface area contributed by atoms with E-state index in [1.165, 1.54) is 11.8 Å². The average Bonchev–Trinajstić information content (AvgIpc) is 2.55. The normalized spacial score (nSPS) is 18.3. The van der Waals surface area contributed by atoms with Crippen LogP contribution in [-0.4, -0.2) is 24.0 Å². The van der Waals surface area contributed by atoms with E-state index < -0.39 is 6.29 Å². The molecule has 1 aliphatic rings. The first-order valence-electron chi connectivity index (χ1n) is 8.46. The van der Waals surface area contributed by atoms with Crippen molar-refractivity contribution in [3.8, 4) is 0 Å². The van der Waals surface area contributed by atoms with E-state index in [-0.39, 0.29) is 11.9 Å². The highest BCUT2D eigenvalue weighted by molar-refractivity contribution is 5.90. The summed E-state index contributed by atoms with van der Waals surface area (Å²) in [6.45, 7) is 5.84. The largest absolute Gasteiger partial charge is 0.468 e. The molecule has 1 aromatic rings. The zero-order chi connectivity index (χ0) is 17.5. The van der Waals surface area contributed by atoms with Gasteiger partial charge in [-0.15, -0.1) is 0 Å². The van der Waals surface area contributed by atoms with Crippen LogP contribution in [0.5, 0.6) is 0 Å². The highest BCUT2D eigenvalue weighted by atomic mass is 16.6. The Bertz CT molecular complexity index is 626. The number of ether oxygens (including phenoxy) is 2. The number of hydrogen-bond acceptors (Lipinski definition) is 4. The molecular weight excluding hydrogens is 304 g/mol. The van der Waals surface area contributed by atoms with Gasteiger partial charge in [-0.3, -0.25) is 0 Å². The zero-order valence-electron chi connectivity index (χ0n) is 14.6. The van der Waals surface area contributed by atoms with Gasteiger partial charge in [-0.25, -0.2) is 4.79 Å². The lowest BCUT2D eigenvalue weighted by Gasteiger charge is -2.26. The van der Waals surface area contributed by atoms with Gasteiger partial charge in [-0.1, -0.05) is 29.8 Å². The number of aliphatic hydroxyl groups is 1. The molecule has 0 spiro atoms. The molecule has 4 nitrogen and oxygen atoms in total. The van der Waals surface area contributed by atoms with E-state index in [0.29, 0.717) is 12.2 Å². The molecule has 0 fully saturated rings. The van der Waals surface area contributed by atoms with Gasteiger partial charge in [0.25, 0.3) is 0 Å². The van der Waals surface area contributed by atoms with E-state index in [1.54, 1.807) is 13.0 Å². The molecule has 0 aliphatic heterocycles. The van der Waals surface area contributed by atoms with Crippen LogP contribution in [0.4, 0.5) is 0 Å². The fourth-order valence-corrected chi connectivity index (χ4v) is 3.03. The first-order chi connectivity index (χ1) is 11.5. The molecule has 2 rings (SSSR count). The Balaban J connectivity index is 2.30. The lowest BCUT2D eigenvalue weighted by Crippen LogP contribution is -2.20. The first kappa shape index (κ1) is 18.3. The molecule has 0 aromatic heterocycles. The Morgan fingerprint density at radius 3 is 2.83 bits per heavy atom. The van der Waals surface area contributed by atoms with Crippen LogP contribution in [-0.2, 0) is 20.7 Å². The molecule has 1 aromatic carbocycles. The minimum absolute atomic E-state index is 0.0621. The number of allylic oxidation sites excluding steroid dienone is 1. The summed E-state index contributed by atoms with van der Waals surface area (Å²) < 4.78 is 10.6. The molecule has 0 saturated carbocycles. The summed E-state index contributed by atoms with van der Waals surface area (Å²) in [5.74, 6) is -0.448. The van der Waals surface area contributed by atoms with Crippen LogP contribution < -0.4 is 0 Å². The molecule has 0 saturated heterocycles. The van der Waals surface area contributed by atoms with Crippen LogP contribution >= 0.6 is 0 Å². The van der Waals surface area contributed by atoms with E-state index in [4.69, 9.17) is 9.47 Å². The highest BCUT2D eigenvalue weighted by Crippen LogP contribution is 2.37. The van der Waals surface area contributed by atoms with E-state index in [2.05, 4.69) is 12.1 Å². The van der Waals surface area contributed by atoms with E-state index >= 15 is 0 Å². The van der Waals surface area contributed by atoms with Crippen molar-refractivity contribution in [3.63, 3.8) is 0 Å². The van der Waals surface area contributed by atoms with Gasteiger partial charge in [0, 0.05) is 5.92 Å². The maximum Gasteiger partial charge on any atom is 0.337 e. The topological polar surface area (TPSA) is 55.8 Å². The van der Waals surface area contributed by atoms with Crippen LogP contribution in [0.2, 0.25) is 0 Å². The lowest BCUT2D eigenvalue weighted by atomic mass is 9.79. The van der Waals surface area contributed by atoms with Crippen molar-refractivity contribution in [3.05, 3.63) is 58.9 Å². The van der Waals surface area contributed by atoms with Crippen molar-refractivity contribution in [1.82, 2.24) is 0 Å². The number of carbonyl (C=O) groups excluding carboxylic acids is 1. The molecule has 0 radical (unpaired) electrons. The molecule has 2 atom stereocenters. The van der Waals surface area contributed by atoms with Crippen LogP contribution in [0.1, 0.15) is 50.7 Å². The third kappa shape index (κ3) is 4.71. The standard InChI is InChI=1S/C20H26O4/c1-4-23-20(22)18(13-24-19(21)12-14(2)3)17-11-7-9-15-8-5-6-10-16(15)17/h5-6,8,10,12-13,17,19,21H,4,7,9,11H2,1-3H3/b18-13+. The molecule has 0 heterocycles. The molecule has 0 amide bonds. The summed E-state index contributed by atoms with van der Waals surface area (Å²) in [4.78, 5) is 12.4. The maximum atomic E-state index is 12.4. The molecule has 4 heteroatoms. The minimum atomic E-state index is -1.07. The van der Waals surface area contributed by atoms with Gasteiger partial charge in [-0.2, -0.15) is 0 Å².